The van der Waals surface area contributed by atoms with Gasteiger partial charge in [0.25, 0.3) is 0 Å². The van der Waals surface area contributed by atoms with Crippen molar-refractivity contribution in [3.63, 3.8) is 0 Å². The van der Waals surface area contributed by atoms with E-state index < -0.39 is 0 Å². The van der Waals surface area contributed by atoms with Crippen LogP contribution in [0.5, 0.6) is 0 Å². The number of benzene rings is 1. The molecule has 3 aromatic rings. The Hall–Kier alpha value is -3.53. The molecule has 1 unspecified atom stereocenters. The second-order valence-electron chi connectivity index (χ2n) is 9.49. The summed E-state index contributed by atoms with van der Waals surface area (Å²) in [6.07, 6.45) is 10.3. The van der Waals surface area contributed by atoms with Crippen molar-refractivity contribution in [3.8, 4) is 6.07 Å². The predicted octanol–water partition coefficient (Wildman–Crippen LogP) is 3.74. The highest BCUT2D eigenvalue weighted by atomic mass is 16.2. The Kier molecular flexibility index (Phi) is 3.67. The number of nitriles is 1. The van der Waals surface area contributed by atoms with E-state index >= 15 is 0 Å². The van der Waals surface area contributed by atoms with Gasteiger partial charge < -0.3 is 0 Å². The van der Waals surface area contributed by atoms with Gasteiger partial charge in [-0.25, -0.2) is 5.01 Å². The van der Waals surface area contributed by atoms with Gasteiger partial charge in [0, 0.05) is 37.0 Å². The van der Waals surface area contributed by atoms with Gasteiger partial charge in [-0.3, -0.25) is 14.5 Å². The van der Waals surface area contributed by atoms with Crippen LogP contribution in [0.3, 0.4) is 0 Å². The summed E-state index contributed by atoms with van der Waals surface area (Å²) in [4.78, 5) is 17.6. The fourth-order valence-electron chi connectivity index (χ4n) is 5.87. The maximum absolute atomic E-state index is 13.4. The molecule has 3 saturated carbocycles. The van der Waals surface area contributed by atoms with E-state index in [-0.39, 0.29) is 22.8 Å². The number of pyridine rings is 1. The van der Waals surface area contributed by atoms with Crippen LogP contribution in [0.25, 0.3) is 10.9 Å². The van der Waals surface area contributed by atoms with E-state index in [2.05, 4.69) is 51.1 Å². The quantitative estimate of drug-likeness (QED) is 0.656. The molecule has 4 aliphatic rings. The van der Waals surface area contributed by atoms with Gasteiger partial charge in [-0.15, -0.1) is 0 Å². The molecule has 0 radical (unpaired) electrons. The van der Waals surface area contributed by atoms with E-state index in [1.165, 1.54) is 17.1 Å². The van der Waals surface area contributed by atoms with Crippen LogP contribution in [0.1, 0.15) is 48.4 Å². The van der Waals surface area contributed by atoms with Crippen LogP contribution < -0.4 is 0 Å². The van der Waals surface area contributed by atoms with E-state index in [1.54, 1.807) is 23.5 Å². The minimum atomic E-state index is -0.292. The number of hydrazone groups is 1. The van der Waals surface area contributed by atoms with Gasteiger partial charge in [0.2, 0.25) is 5.91 Å². The fourth-order valence-corrected chi connectivity index (χ4v) is 5.87. The molecule has 0 saturated heterocycles. The Morgan fingerprint density at radius 1 is 1.23 bits per heavy atom. The number of amides is 1. The molecular formula is C24H22N6O. The Balaban J connectivity index is 1.17. The van der Waals surface area contributed by atoms with E-state index in [4.69, 9.17) is 5.26 Å². The molecule has 7 rings (SSSR count). The van der Waals surface area contributed by atoms with E-state index in [1.807, 2.05) is 6.20 Å². The van der Waals surface area contributed by atoms with Crippen molar-refractivity contribution in [1.82, 2.24) is 19.8 Å². The zero-order valence-electron chi connectivity index (χ0n) is 17.3. The largest absolute Gasteiger partial charge is 0.272 e. The molecular weight excluding hydrogens is 388 g/mol. The third kappa shape index (κ3) is 2.64. The topological polar surface area (TPSA) is 87.2 Å². The van der Waals surface area contributed by atoms with Crippen LogP contribution in [0.15, 0.2) is 48.0 Å². The third-order valence-corrected chi connectivity index (χ3v) is 7.19. The van der Waals surface area contributed by atoms with Crippen molar-refractivity contribution in [1.29, 1.82) is 5.26 Å². The molecule has 3 aliphatic carbocycles. The molecule has 1 aromatic carbocycles. The molecule has 3 heterocycles. The highest BCUT2D eigenvalue weighted by molar-refractivity contribution is 5.88. The third-order valence-electron chi connectivity index (χ3n) is 7.19. The minimum Gasteiger partial charge on any atom is -0.272 e. The van der Waals surface area contributed by atoms with Crippen LogP contribution in [-0.2, 0) is 11.3 Å². The van der Waals surface area contributed by atoms with Crippen LogP contribution in [-0.4, -0.2) is 31.9 Å². The van der Waals surface area contributed by atoms with Crippen molar-refractivity contribution >= 4 is 23.0 Å². The molecule has 0 N–H and O–H groups in total. The minimum absolute atomic E-state index is 0.108. The second-order valence-corrected chi connectivity index (χ2v) is 9.49. The first kappa shape index (κ1) is 18.3. The summed E-state index contributed by atoms with van der Waals surface area (Å²) in [5.74, 6) is 0.108. The number of hydrogen-bond donors (Lipinski definition) is 0. The zero-order chi connectivity index (χ0) is 21.2. The summed E-state index contributed by atoms with van der Waals surface area (Å²) in [6.45, 7) is 2.95. The number of nitrogens with zero attached hydrogens (tertiary/aromatic N) is 6. The molecule has 1 amide bonds. The average molecular weight is 410 g/mol. The Labute approximate surface area is 180 Å². The van der Waals surface area contributed by atoms with Gasteiger partial charge in [-0.05, 0) is 55.4 Å². The van der Waals surface area contributed by atoms with E-state index in [9.17, 15) is 4.79 Å². The van der Waals surface area contributed by atoms with Crippen molar-refractivity contribution in [3.05, 3.63) is 59.5 Å². The standard InChI is InChI=1S/C24H22N6O/c1-16-2-3-20-18(6-16)11-28-29(20)15-23-12-24(13-23,14-23)22(31)30-21(4-5-27-30)19-7-17(8-25)9-26-10-19/h2-3,5-7,9-11,21H,4,12-15H2,1H3. The normalized spacial score (nSPS) is 28.3. The molecule has 31 heavy (non-hydrogen) atoms. The SMILES string of the molecule is Cc1ccc2c(cnn2CC23CC(C(=O)N4N=CCC4c4cncc(C#N)c4)(C2)C3)c1. The Morgan fingerprint density at radius 2 is 2.06 bits per heavy atom. The van der Waals surface area contributed by atoms with E-state index in [0.717, 1.165) is 36.9 Å². The van der Waals surface area contributed by atoms with Gasteiger partial charge in [-0.1, -0.05) is 11.6 Å². The molecule has 2 bridgehead atoms. The maximum Gasteiger partial charge on any atom is 0.249 e. The second kappa shape index (κ2) is 6.24. The lowest BCUT2D eigenvalue weighted by atomic mass is 9.34. The van der Waals surface area contributed by atoms with Crippen molar-refractivity contribution in [2.45, 2.75) is 45.2 Å². The number of carbonyl (C=O) groups excluding carboxylic acids is 1. The zero-order valence-corrected chi connectivity index (χ0v) is 17.3. The van der Waals surface area contributed by atoms with Crippen molar-refractivity contribution < 1.29 is 4.79 Å². The summed E-state index contributed by atoms with van der Waals surface area (Å²) in [6, 6.07) is 10.2. The first-order chi connectivity index (χ1) is 15.0. The highest BCUT2D eigenvalue weighted by Crippen LogP contribution is 2.74. The number of hydrogen-bond acceptors (Lipinski definition) is 5. The monoisotopic (exact) mass is 410 g/mol. The number of aromatic nitrogens is 3. The number of carbonyl (C=O) groups is 1. The maximum atomic E-state index is 13.4. The molecule has 1 atom stereocenters. The number of fused-ring (bicyclic) bond motifs is 1. The summed E-state index contributed by atoms with van der Waals surface area (Å²) in [5.41, 5.74) is 3.64. The molecule has 7 heteroatoms. The smallest absolute Gasteiger partial charge is 0.249 e. The van der Waals surface area contributed by atoms with Crippen LogP contribution in [0, 0.1) is 29.1 Å². The molecule has 3 fully saturated rings. The Morgan fingerprint density at radius 3 is 2.87 bits per heavy atom. The highest BCUT2D eigenvalue weighted by Gasteiger charge is 2.72. The van der Waals surface area contributed by atoms with Gasteiger partial charge in [0.15, 0.2) is 0 Å². The first-order valence-electron chi connectivity index (χ1n) is 10.6. The van der Waals surface area contributed by atoms with Crippen LogP contribution in [0.2, 0.25) is 0 Å². The van der Waals surface area contributed by atoms with E-state index in [0.29, 0.717) is 12.0 Å². The van der Waals surface area contributed by atoms with Gasteiger partial charge in [0.05, 0.1) is 28.7 Å². The number of rotatable bonds is 4. The molecule has 2 aromatic heterocycles. The summed E-state index contributed by atoms with van der Waals surface area (Å²) in [7, 11) is 0. The van der Waals surface area contributed by atoms with Gasteiger partial charge >= 0.3 is 0 Å². The van der Waals surface area contributed by atoms with Gasteiger partial charge in [0.1, 0.15) is 6.07 Å². The first-order valence-corrected chi connectivity index (χ1v) is 10.6. The molecule has 1 aliphatic heterocycles. The fraction of sp³-hybridized carbons (Fsp3) is 0.375. The van der Waals surface area contributed by atoms with Crippen LogP contribution in [0.4, 0.5) is 0 Å². The lowest BCUT2D eigenvalue weighted by molar-refractivity contribution is -0.223. The van der Waals surface area contributed by atoms with Gasteiger partial charge in [-0.2, -0.15) is 15.5 Å². The van der Waals surface area contributed by atoms with Crippen LogP contribution >= 0.6 is 0 Å². The lowest BCUT2D eigenvalue weighted by Gasteiger charge is -2.69. The number of aryl methyl sites for hydroxylation is 1. The van der Waals surface area contributed by atoms with Crippen molar-refractivity contribution in [2.75, 3.05) is 0 Å². The van der Waals surface area contributed by atoms with Crippen molar-refractivity contribution in [2.24, 2.45) is 15.9 Å². The predicted molar refractivity (Wildman–Crippen MR) is 115 cm³/mol. The lowest BCUT2D eigenvalue weighted by Crippen LogP contribution is -2.68. The molecule has 7 nitrogen and oxygen atoms in total. The summed E-state index contributed by atoms with van der Waals surface area (Å²) in [5, 5.41) is 21.0. The summed E-state index contributed by atoms with van der Waals surface area (Å²) >= 11 is 0. The molecule has 0 spiro atoms. The Bertz CT molecular complexity index is 1280. The average Bonchev–Trinajstić information content (AvgIpc) is 3.36. The summed E-state index contributed by atoms with van der Waals surface area (Å²) < 4.78 is 2.10. The molecule has 154 valence electrons.